The number of nitrogens with zero attached hydrogens (tertiary/aromatic N) is 1. The van der Waals surface area contributed by atoms with Crippen LogP contribution in [0.1, 0.15) is 38.3 Å². The van der Waals surface area contributed by atoms with E-state index in [9.17, 15) is 4.79 Å². The summed E-state index contributed by atoms with van der Waals surface area (Å²) in [6, 6.07) is 4.01. The van der Waals surface area contributed by atoms with Crippen molar-refractivity contribution in [2.75, 3.05) is 19.7 Å². The molecule has 1 amide bonds. The number of aryl methyl sites for hydroxylation is 1. The molecule has 3 heterocycles. The number of ether oxygens (including phenoxy) is 1. The summed E-state index contributed by atoms with van der Waals surface area (Å²) in [6.07, 6.45) is 6.62. The summed E-state index contributed by atoms with van der Waals surface area (Å²) >= 11 is 0. The molecule has 0 saturated carbocycles. The number of likely N-dealkylation sites (tertiary alicyclic amines) is 1. The molecule has 2 fully saturated rings. The Morgan fingerprint density at radius 2 is 2.50 bits per heavy atom. The van der Waals surface area contributed by atoms with Crippen LogP contribution in [0.3, 0.4) is 0 Å². The van der Waals surface area contributed by atoms with Crippen molar-refractivity contribution in [2.45, 2.75) is 44.6 Å². The zero-order chi connectivity index (χ0) is 14.0. The van der Waals surface area contributed by atoms with Crippen molar-refractivity contribution < 1.29 is 9.53 Å². The van der Waals surface area contributed by atoms with Gasteiger partial charge in [0.05, 0.1) is 12.2 Å². The number of hydrogen-bond acceptors (Lipinski definition) is 2. The molecule has 2 saturated heterocycles. The number of aromatic amines is 1. The molecule has 0 aromatic carbocycles. The van der Waals surface area contributed by atoms with E-state index in [2.05, 4.69) is 11.9 Å². The molecular formula is C16H24N2O2. The van der Waals surface area contributed by atoms with Crippen LogP contribution in [0.25, 0.3) is 0 Å². The third-order valence-electron chi connectivity index (χ3n) is 4.80. The maximum atomic E-state index is 12.3. The molecule has 2 aliphatic heterocycles. The second kappa shape index (κ2) is 5.60. The van der Waals surface area contributed by atoms with Gasteiger partial charge in [0.2, 0.25) is 5.91 Å². The summed E-state index contributed by atoms with van der Waals surface area (Å²) in [5.74, 6) is 0.948. The number of carbonyl (C=O) groups excluding carboxylic acids is 1. The lowest BCUT2D eigenvalue weighted by Gasteiger charge is -2.23. The normalized spacial score (nSPS) is 29.4. The van der Waals surface area contributed by atoms with Crippen LogP contribution in [0, 0.1) is 5.92 Å². The highest BCUT2D eigenvalue weighted by Gasteiger charge is 2.45. The second-order valence-electron chi connectivity index (χ2n) is 6.23. The van der Waals surface area contributed by atoms with Crippen LogP contribution in [-0.4, -0.2) is 41.1 Å². The van der Waals surface area contributed by atoms with E-state index in [0.717, 1.165) is 44.7 Å². The Morgan fingerprint density at radius 3 is 3.20 bits per heavy atom. The van der Waals surface area contributed by atoms with Crippen LogP contribution in [0.5, 0.6) is 0 Å². The third-order valence-corrected chi connectivity index (χ3v) is 4.80. The molecule has 1 aromatic rings. The number of amides is 1. The van der Waals surface area contributed by atoms with Crippen LogP contribution in [0.15, 0.2) is 18.3 Å². The lowest BCUT2D eigenvalue weighted by molar-refractivity contribution is -0.131. The van der Waals surface area contributed by atoms with E-state index in [1.54, 1.807) is 0 Å². The predicted octanol–water partition coefficient (Wildman–Crippen LogP) is 2.36. The highest BCUT2D eigenvalue weighted by Crippen LogP contribution is 2.39. The fourth-order valence-corrected chi connectivity index (χ4v) is 3.47. The summed E-state index contributed by atoms with van der Waals surface area (Å²) in [5.41, 5.74) is 1.11. The molecule has 3 rings (SSSR count). The molecule has 1 aromatic heterocycles. The first kappa shape index (κ1) is 13.7. The fraction of sp³-hybridized carbons (Fsp3) is 0.688. The predicted molar refractivity (Wildman–Crippen MR) is 77.4 cm³/mol. The van der Waals surface area contributed by atoms with Crippen molar-refractivity contribution in [1.29, 1.82) is 0 Å². The minimum absolute atomic E-state index is 0.0250. The van der Waals surface area contributed by atoms with Crippen LogP contribution in [0.4, 0.5) is 0 Å². The molecular weight excluding hydrogens is 252 g/mol. The van der Waals surface area contributed by atoms with E-state index in [0.29, 0.717) is 12.3 Å². The van der Waals surface area contributed by atoms with Gasteiger partial charge in [-0.05, 0) is 37.3 Å². The highest BCUT2D eigenvalue weighted by atomic mass is 16.5. The Bertz CT molecular complexity index is 457. The lowest BCUT2D eigenvalue weighted by atomic mass is 9.92. The Kier molecular flexibility index (Phi) is 3.83. The van der Waals surface area contributed by atoms with Crippen molar-refractivity contribution in [1.82, 2.24) is 9.88 Å². The van der Waals surface area contributed by atoms with Crippen LogP contribution in [0.2, 0.25) is 0 Å². The zero-order valence-corrected chi connectivity index (χ0v) is 12.2. The zero-order valence-electron chi connectivity index (χ0n) is 12.2. The van der Waals surface area contributed by atoms with Gasteiger partial charge in [-0.15, -0.1) is 0 Å². The molecule has 4 nitrogen and oxygen atoms in total. The molecule has 1 N–H and O–H groups in total. The number of nitrogens with one attached hydrogen (secondary N) is 1. The van der Waals surface area contributed by atoms with Crippen LogP contribution < -0.4 is 0 Å². The summed E-state index contributed by atoms with van der Waals surface area (Å²) in [5, 5.41) is 0. The lowest BCUT2D eigenvalue weighted by Crippen LogP contribution is -2.35. The molecule has 2 aliphatic rings. The molecule has 0 radical (unpaired) electrons. The van der Waals surface area contributed by atoms with E-state index in [1.165, 1.54) is 6.42 Å². The van der Waals surface area contributed by atoms with E-state index >= 15 is 0 Å². The van der Waals surface area contributed by atoms with Crippen molar-refractivity contribution in [3.63, 3.8) is 0 Å². The van der Waals surface area contributed by atoms with Gasteiger partial charge in [0, 0.05) is 31.4 Å². The maximum Gasteiger partial charge on any atom is 0.223 e. The van der Waals surface area contributed by atoms with Crippen molar-refractivity contribution >= 4 is 5.91 Å². The monoisotopic (exact) mass is 276 g/mol. The maximum absolute atomic E-state index is 12.3. The van der Waals surface area contributed by atoms with Crippen molar-refractivity contribution in [3.05, 3.63) is 24.0 Å². The minimum Gasteiger partial charge on any atom is -0.373 e. The van der Waals surface area contributed by atoms with Crippen molar-refractivity contribution in [3.8, 4) is 0 Å². The minimum atomic E-state index is -0.0250. The Morgan fingerprint density at radius 1 is 1.60 bits per heavy atom. The topological polar surface area (TPSA) is 45.3 Å². The van der Waals surface area contributed by atoms with Gasteiger partial charge >= 0.3 is 0 Å². The quantitative estimate of drug-likeness (QED) is 0.917. The van der Waals surface area contributed by atoms with Crippen LogP contribution in [-0.2, 0) is 16.0 Å². The highest BCUT2D eigenvalue weighted by molar-refractivity contribution is 5.76. The number of H-pyrrole nitrogens is 1. The molecule has 2 atom stereocenters. The van der Waals surface area contributed by atoms with Crippen molar-refractivity contribution in [2.24, 2.45) is 5.92 Å². The van der Waals surface area contributed by atoms with Gasteiger partial charge in [0.25, 0.3) is 0 Å². The number of rotatable bonds is 4. The van der Waals surface area contributed by atoms with E-state index in [-0.39, 0.29) is 11.5 Å². The van der Waals surface area contributed by atoms with Gasteiger partial charge in [-0.25, -0.2) is 0 Å². The summed E-state index contributed by atoms with van der Waals surface area (Å²) in [6.45, 7) is 4.76. The van der Waals surface area contributed by atoms with E-state index in [1.807, 2.05) is 23.2 Å². The summed E-state index contributed by atoms with van der Waals surface area (Å²) in [7, 11) is 0. The first-order chi connectivity index (χ1) is 9.71. The summed E-state index contributed by atoms with van der Waals surface area (Å²) in [4.78, 5) is 17.4. The molecule has 0 aliphatic carbocycles. The Balaban J connectivity index is 1.51. The molecule has 110 valence electrons. The SMILES string of the molecule is CCC1COC2(CCN(C(=O)CCc3ccc[nH]3)C2)C1. The van der Waals surface area contributed by atoms with E-state index in [4.69, 9.17) is 4.74 Å². The number of hydrogen-bond donors (Lipinski definition) is 1. The molecule has 4 heteroatoms. The Labute approximate surface area is 120 Å². The average Bonchev–Trinajstić information content (AvgIpc) is 3.18. The molecule has 0 bridgehead atoms. The molecule has 2 unspecified atom stereocenters. The smallest absolute Gasteiger partial charge is 0.223 e. The average molecular weight is 276 g/mol. The van der Waals surface area contributed by atoms with Gasteiger partial charge in [-0.2, -0.15) is 0 Å². The first-order valence-corrected chi connectivity index (χ1v) is 7.75. The van der Waals surface area contributed by atoms with Gasteiger partial charge in [0.15, 0.2) is 0 Å². The molecule has 20 heavy (non-hydrogen) atoms. The summed E-state index contributed by atoms with van der Waals surface area (Å²) < 4.78 is 6.04. The van der Waals surface area contributed by atoms with Gasteiger partial charge in [-0.1, -0.05) is 13.3 Å². The van der Waals surface area contributed by atoms with E-state index < -0.39 is 0 Å². The number of aromatic nitrogens is 1. The van der Waals surface area contributed by atoms with Gasteiger partial charge < -0.3 is 14.6 Å². The largest absolute Gasteiger partial charge is 0.373 e. The fourth-order valence-electron chi connectivity index (χ4n) is 3.47. The molecule has 1 spiro atoms. The number of carbonyl (C=O) groups is 1. The van der Waals surface area contributed by atoms with Crippen LogP contribution >= 0.6 is 0 Å². The van der Waals surface area contributed by atoms with Gasteiger partial charge in [0.1, 0.15) is 0 Å². The second-order valence-corrected chi connectivity index (χ2v) is 6.23. The van der Waals surface area contributed by atoms with Gasteiger partial charge in [-0.3, -0.25) is 4.79 Å². The first-order valence-electron chi connectivity index (χ1n) is 7.75. The Hall–Kier alpha value is -1.29. The third kappa shape index (κ3) is 2.75. The standard InChI is InChI=1S/C16H24N2O2/c1-2-13-10-16(20-11-13)7-9-18(12-16)15(19)6-5-14-4-3-8-17-14/h3-4,8,13,17H,2,5-7,9-12H2,1H3.